The van der Waals surface area contributed by atoms with E-state index in [2.05, 4.69) is 53.9 Å². The van der Waals surface area contributed by atoms with E-state index in [0.717, 1.165) is 19.6 Å². The minimum Gasteiger partial charge on any atom is -0.350 e. The largest absolute Gasteiger partial charge is 0.350 e. The van der Waals surface area contributed by atoms with Gasteiger partial charge in [-0.1, -0.05) is 31.5 Å². The summed E-state index contributed by atoms with van der Waals surface area (Å²) in [7, 11) is 2.14. The first kappa shape index (κ1) is 14.6. The summed E-state index contributed by atoms with van der Waals surface area (Å²) in [5.41, 5.74) is 8.74. The zero-order valence-corrected chi connectivity index (χ0v) is 13.3. The Kier molecular flexibility index (Phi) is 4.32. The predicted molar refractivity (Wildman–Crippen MR) is 89.2 cm³/mol. The Morgan fingerprint density at radius 3 is 2.86 bits per heavy atom. The van der Waals surface area contributed by atoms with Crippen molar-refractivity contribution < 1.29 is 0 Å². The number of nitrogens with two attached hydrogens (primary N) is 1. The predicted octanol–water partition coefficient (Wildman–Crippen LogP) is 3.13. The van der Waals surface area contributed by atoms with Crippen LogP contribution in [0.3, 0.4) is 0 Å². The Balaban J connectivity index is 1.86. The molecule has 3 heteroatoms. The fraction of sp³-hybridized carbons (Fsp3) is 0.556. The highest BCUT2D eigenvalue weighted by Gasteiger charge is 2.30. The highest BCUT2D eigenvalue weighted by atomic mass is 15.2. The molecule has 0 aliphatic heterocycles. The first-order chi connectivity index (χ1) is 10.2. The Labute approximate surface area is 127 Å². The molecule has 2 atom stereocenters. The number of rotatable bonds is 5. The van der Waals surface area contributed by atoms with Crippen LogP contribution in [0.25, 0.3) is 10.9 Å². The standard InChI is InChI=1S/C18H27N3/c1-3-21(17-10-6-7-14(17)11-19)13-15-12-20(2)18-9-5-4-8-16(15)18/h4-5,8-9,12,14,17H,3,6-7,10-11,13,19H2,1-2H3. The lowest BCUT2D eigenvalue weighted by atomic mass is 10.0. The number of benzene rings is 1. The minimum absolute atomic E-state index is 0.666. The third-order valence-electron chi connectivity index (χ3n) is 5.15. The minimum atomic E-state index is 0.666. The molecule has 1 heterocycles. The van der Waals surface area contributed by atoms with E-state index >= 15 is 0 Å². The van der Waals surface area contributed by atoms with Crippen molar-refractivity contribution >= 4 is 10.9 Å². The topological polar surface area (TPSA) is 34.2 Å². The van der Waals surface area contributed by atoms with Crippen LogP contribution >= 0.6 is 0 Å². The molecule has 2 aromatic rings. The van der Waals surface area contributed by atoms with Crippen LogP contribution in [0.1, 0.15) is 31.7 Å². The molecule has 21 heavy (non-hydrogen) atoms. The SMILES string of the molecule is CCN(Cc1cn(C)c2ccccc12)C1CCCC1CN. The van der Waals surface area contributed by atoms with E-state index in [-0.39, 0.29) is 0 Å². The lowest BCUT2D eigenvalue weighted by Crippen LogP contribution is -2.39. The number of fused-ring (bicyclic) bond motifs is 1. The molecule has 0 spiro atoms. The molecule has 3 nitrogen and oxygen atoms in total. The number of para-hydroxylation sites is 1. The molecule has 114 valence electrons. The lowest BCUT2D eigenvalue weighted by Gasteiger charge is -2.31. The molecule has 0 saturated heterocycles. The fourth-order valence-electron chi connectivity index (χ4n) is 4.01. The Morgan fingerprint density at radius 2 is 2.10 bits per heavy atom. The molecule has 1 aromatic heterocycles. The van der Waals surface area contributed by atoms with Crippen LogP contribution in [0.5, 0.6) is 0 Å². The molecule has 0 bridgehead atoms. The maximum Gasteiger partial charge on any atom is 0.0481 e. The molecule has 2 N–H and O–H groups in total. The number of hydrogen-bond donors (Lipinski definition) is 1. The molecule has 1 aromatic carbocycles. The Bertz CT molecular complexity index is 602. The van der Waals surface area contributed by atoms with Crippen molar-refractivity contribution in [3.8, 4) is 0 Å². The second kappa shape index (κ2) is 6.20. The van der Waals surface area contributed by atoms with Crippen LogP contribution in [-0.2, 0) is 13.6 Å². The lowest BCUT2D eigenvalue weighted by molar-refractivity contribution is 0.162. The average Bonchev–Trinajstić information content (AvgIpc) is 3.10. The van der Waals surface area contributed by atoms with Crippen LogP contribution < -0.4 is 5.73 Å². The number of hydrogen-bond acceptors (Lipinski definition) is 2. The van der Waals surface area contributed by atoms with Gasteiger partial charge in [-0.15, -0.1) is 0 Å². The Hall–Kier alpha value is -1.32. The van der Waals surface area contributed by atoms with Crippen LogP contribution in [0, 0.1) is 5.92 Å². The third kappa shape index (κ3) is 2.72. The molecule has 1 saturated carbocycles. The van der Waals surface area contributed by atoms with E-state index in [1.54, 1.807) is 0 Å². The van der Waals surface area contributed by atoms with Gasteiger partial charge in [0.05, 0.1) is 0 Å². The van der Waals surface area contributed by atoms with Crippen molar-refractivity contribution in [2.75, 3.05) is 13.1 Å². The van der Waals surface area contributed by atoms with Crippen molar-refractivity contribution in [3.05, 3.63) is 36.0 Å². The van der Waals surface area contributed by atoms with Crippen LogP contribution in [0.4, 0.5) is 0 Å². The van der Waals surface area contributed by atoms with E-state index in [1.165, 1.54) is 35.7 Å². The van der Waals surface area contributed by atoms with Crippen molar-refractivity contribution in [1.29, 1.82) is 0 Å². The second-order valence-corrected chi connectivity index (χ2v) is 6.34. The van der Waals surface area contributed by atoms with Gasteiger partial charge in [0.25, 0.3) is 0 Å². The van der Waals surface area contributed by atoms with Gasteiger partial charge in [-0.3, -0.25) is 4.90 Å². The van der Waals surface area contributed by atoms with E-state index in [4.69, 9.17) is 5.73 Å². The van der Waals surface area contributed by atoms with Gasteiger partial charge < -0.3 is 10.3 Å². The number of aromatic nitrogens is 1. The summed E-state index contributed by atoms with van der Waals surface area (Å²) >= 11 is 0. The summed E-state index contributed by atoms with van der Waals surface area (Å²) in [6.45, 7) is 5.25. The van der Waals surface area contributed by atoms with Crippen LogP contribution in [-0.4, -0.2) is 28.6 Å². The first-order valence-electron chi connectivity index (χ1n) is 8.21. The molecule has 0 radical (unpaired) electrons. The molecule has 3 rings (SSSR count). The second-order valence-electron chi connectivity index (χ2n) is 6.34. The molecule has 1 fully saturated rings. The first-order valence-corrected chi connectivity index (χ1v) is 8.21. The maximum atomic E-state index is 5.97. The van der Waals surface area contributed by atoms with E-state index < -0.39 is 0 Å². The normalized spacial score (nSPS) is 22.5. The highest BCUT2D eigenvalue weighted by Crippen LogP contribution is 2.31. The third-order valence-corrected chi connectivity index (χ3v) is 5.15. The van der Waals surface area contributed by atoms with Crippen LogP contribution in [0.2, 0.25) is 0 Å². The molecular formula is C18H27N3. The summed E-state index contributed by atoms with van der Waals surface area (Å²) in [6.07, 6.45) is 6.23. The van der Waals surface area contributed by atoms with Gasteiger partial charge in [0.15, 0.2) is 0 Å². The van der Waals surface area contributed by atoms with Gasteiger partial charge >= 0.3 is 0 Å². The van der Waals surface area contributed by atoms with Crippen molar-refractivity contribution in [3.63, 3.8) is 0 Å². The van der Waals surface area contributed by atoms with Gasteiger partial charge in [-0.05, 0) is 43.5 Å². The summed E-state index contributed by atoms with van der Waals surface area (Å²) in [4.78, 5) is 2.63. The summed E-state index contributed by atoms with van der Waals surface area (Å²) in [5.74, 6) is 0.680. The van der Waals surface area contributed by atoms with Gasteiger partial charge in [0.2, 0.25) is 0 Å². The van der Waals surface area contributed by atoms with E-state index in [0.29, 0.717) is 12.0 Å². The Morgan fingerprint density at radius 1 is 1.29 bits per heavy atom. The molecule has 2 unspecified atom stereocenters. The summed E-state index contributed by atoms with van der Waals surface area (Å²) in [5, 5.41) is 1.39. The number of nitrogens with zero attached hydrogens (tertiary/aromatic N) is 2. The molecular weight excluding hydrogens is 258 g/mol. The monoisotopic (exact) mass is 285 g/mol. The summed E-state index contributed by atoms with van der Waals surface area (Å²) < 4.78 is 2.24. The van der Waals surface area contributed by atoms with Gasteiger partial charge in [0, 0.05) is 36.7 Å². The maximum absolute atomic E-state index is 5.97. The quantitative estimate of drug-likeness (QED) is 0.916. The average molecular weight is 285 g/mol. The molecule has 0 amide bonds. The zero-order chi connectivity index (χ0) is 14.8. The zero-order valence-electron chi connectivity index (χ0n) is 13.3. The van der Waals surface area contributed by atoms with Gasteiger partial charge in [0.1, 0.15) is 0 Å². The van der Waals surface area contributed by atoms with Crippen molar-refractivity contribution in [2.45, 2.75) is 38.8 Å². The molecule has 1 aliphatic rings. The van der Waals surface area contributed by atoms with E-state index in [1.807, 2.05) is 0 Å². The number of aryl methyl sites for hydroxylation is 1. The highest BCUT2D eigenvalue weighted by molar-refractivity contribution is 5.83. The summed E-state index contributed by atoms with van der Waals surface area (Å²) in [6, 6.07) is 9.37. The van der Waals surface area contributed by atoms with Crippen molar-refractivity contribution in [1.82, 2.24) is 9.47 Å². The smallest absolute Gasteiger partial charge is 0.0481 e. The van der Waals surface area contributed by atoms with E-state index in [9.17, 15) is 0 Å². The van der Waals surface area contributed by atoms with Crippen molar-refractivity contribution in [2.24, 2.45) is 18.7 Å². The van der Waals surface area contributed by atoms with Gasteiger partial charge in [-0.25, -0.2) is 0 Å². The fourth-order valence-corrected chi connectivity index (χ4v) is 4.01. The van der Waals surface area contributed by atoms with Crippen LogP contribution in [0.15, 0.2) is 30.5 Å². The molecule has 1 aliphatic carbocycles. The van der Waals surface area contributed by atoms with Gasteiger partial charge in [-0.2, -0.15) is 0 Å².